The first-order valence-electron chi connectivity index (χ1n) is 6.38. The maximum Gasteiger partial charge on any atom is 0.0912 e. The second-order valence-corrected chi connectivity index (χ2v) is 6.00. The van der Waals surface area contributed by atoms with Gasteiger partial charge < -0.3 is 4.98 Å². The van der Waals surface area contributed by atoms with E-state index in [0.29, 0.717) is 0 Å². The standard InChI is InChI=1S/C16H11ClN2S/c17-12-7-3-1-5-10(12)15-14-11-6-2-4-8-13(11)19-16(14)20-9-18-15/h1-8,19H,9H2. The summed E-state index contributed by atoms with van der Waals surface area (Å²) in [6, 6.07) is 16.2. The predicted molar refractivity (Wildman–Crippen MR) is 86.1 cm³/mol. The highest BCUT2D eigenvalue weighted by molar-refractivity contribution is 7.99. The Bertz CT molecular complexity index is 835. The molecule has 98 valence electrons. The molecule has 2 aromatic carbocycles. The minimum atomic E-state index is 0.723. The molecule has 0 spiro atoms. The van der Waals surface area contributed by atoms with E-state index in [4.69, 9.17) is 16.6 Å². The highest BCUT2D eigenvalue weighted by Gasteiger charge is 2.22. The van der Waals surface area contributed by atoms with Crippen molar-refractivity contribution in [1.29, 1.82) is 0 Å². The summed E-state index contributed by atoms with van der Waals surface area (Å²) in [7, 11) is 0. The van der Waals surface area contributed by atoms with Gasteiger partial charge in [-0.15, -0.1) is 0 Å². The molecule has 1 aromatic heterocycles. The zero-order chi connectivity index (χ0) is 13.5. The van der Waals surface area contributed by atoms with Crippen LogP contribution in [0.4, 0.5) is 0 Å². The Hall–Kier alpha value is -1.71. The van der Waals surface area contributed by atoms with Gasteiger partial charge in [-0.2, -0.15) is 0 Å². The van der Waals surface area contributed by atoms with E-state index in [2.05, 4.69) is 23.2 Å². The third kappa shape index (κ3) is 1.78. The van der Waals surface area contributed by atoms with Crippen LogP contribution in [-0.2, 0) is 0 Å². The normalized spacial score (nSPS) is 14.2. The fraction of sp³-hybridized carbons (Fsp3) is 0.0625. The third-order valence-electron chi connectivity index (χ3n) is 3.47. The van der Waals surface area contributed by atoms with Gasteiger partial charge in [-0.05, 0) is 12.1 Å². The van der Waals surface area contributed by atoms with Gasteiger partial charge in [0.15, 0.2) is 0 Å². The van der Waals surface area contributed by atoms with Crippen LogP contribution >= 0.6 is 23.4 Å². The molecule has 3 aromatic rings. The molecule has 4 rings (SSSR count). The van der Waals surface area contributed by atoms with E-state index in [1.54, 1.807) is 11.8 Å². The van der Waals surface area contributed by atoms with Crippen LogP contribution in [0, 0.1) is 0 Å². The molecule has 20 heavy (non-hydrogen) atoms. The van der Waals surface area contributed by atoms with Gasteiger partial charge in [-0.3, -0.25) is 4.99 Å². The van der Waals surface area contributed by atoms with Crippen molar-refractivity contribution in [1.82, 2.24) is 4.98 Å². The number of nitrogens with one attached hydrogen (secondary N) is 1. The zero-order valence-electron chi connectivity index (χ0n) is 10.6. The van der Waals surface area contributed by atoms with Crippen LogP contribution in [0.1, 0.15) is 11.1 Å². The van der Waals surface area contributed by atoms with Crippen LogP contribution in [0.3, 0.4) is 0 Å². The van der Waals surface area contributed by atoms with Crippen molar-refractivity contribution >= 4 is 40.0 Å². The molecule has 0 aliphatic carbocycles. The molecule has 2 heterocycles. The number of para-hydroxylation sites is 1. The number of fused-ring (bicyclic) bond motifs is 3. The van der Waals surface area contributed by atoms with Crippen LogP contribution in [0.15, 0.2) is 58.5 Å². The molecule has 1 aliphatic rings. The molecule has 0 radical (unpaired) electrons. The number of halogens is 1. The molecule has 0 unspecified atom stereocenters. The Morgan fingerprint density at radius 3 is 2.75 bits per heavy atom. The first-order valence-corrected chi connectivity index (χ1v) is 7.74. The SMILES string of the molecule is Clc1ccccc1C1=NCSc2[nH]c3ccccc3c21. The molecule has 0 bridgehead atoms. The topological polar surface area (TPSA) is 28.1 Å². The van der Waals surface area contributed by atoms with Crippen LogP contribution < -0.4 is 0 Å². The van der Waals surface area contributed by atoms with Gasteiger partial charge in [0.25, 0.3) is 0 Å². The fourth-order valence-electron chi connectivity index (χ4n) is 2.57. The molecule has 0 fully saturated rings. The number of hydrogen-bond acceptors (Lipinski definition) is 2. The summed E-state index contributed by atoms with van der Waals surface area (Å²) in [6.45, 7) is 0. The first kappa shape index (κ1) is 12.1. The lowest BCUT2D eigenvalue weighted by atomic mass is 10.0. The number of nitrogens with zero attached hydrogens (tertiary/aromatic N) is 1. The van der Waals surface area contributed by atoms with Crippen molar-refractivity contribution in [2.24, 2.45) is 4.99 Å². The number of aromatic amines is 1. The summed E-state index contributed by atoms with van der Waals surface area (Å²) in [6.07, 6.45) is 0. The van der Waals surface area contributed by atoms with Crippen molar-refractivity contribution in [2.45, 2.75) is 5.03 Å². The molecule has 2 nitrogen and oxygen atoms in total. The quantitative estimate of drug-likeness (QED) is 0.691. The van der Waals surface area contributed by atoms with E-state index in [1.165, 1.54) is 16.0 Å². The molecule has 4 heteroatoms. The molecular weight excluding hydrogens is 288 g/mol. The fourth-order valence-corrected chi connectivity index (χ4v) is 3.66. The highest BCUT2D eigenvalue weighted by Crippen LogP contribution is 2.36. The number of aliphatic imine (C=N–C) groups is 1. The number of H-pyrrole nitrogens is 1. The zero-order valence-corrected chi connectivity index (χ0v) is 12.1. The molecule has 1 aliphatic heterocycles. The van der Waals surface area contributed by atoms with E-state index in [0.717, 1.165) is 27.7 Å². The highest BCUT2D eigenvalue weighted by atomic mass is 35.5. The van der Waals surface area contributed by atoms with E-state index >= 15 is 0 Å². The maximum absolute atomic E-state index is 6.34. The lowest BCUT2D eigenvalue weighted by Gasteiger charge is -2.14. The average molecular weight is 299 g/mol. The van der Waals surface area contributed by atoms with Crippen molar-refractivity contribution < 1.29 is 0 Å². The van der Waals surface area contributed by atoms with Crippen molar-refractivity contribution in [2.75, 3.05) is 5.88 Å². The summed E-state index contributed by atoms with van der Waals surface area (Å²) in [5, 5.41) is 3.12. The minimum absolute atomic E-state index is 0.723. The maximum atomic E-state index is 6.34. The van der Waals surface area contributed by atoms with E-state index in [1.807, 2.05) is 30.3 Å². The Morgan fingerprint density at radius 2 is 1.85 bits per heavy atom. The summed E-state index contributed by atoms with van der Waals surface area (Å²) >= 11 is 8.08. The second-order valence-electron chi connectivity index (χ2n) is 4.63. The molecule has 0 atom stereocenters. The third-order valence-corrected chi connectivity index (χ3v) is 4.65. The van der Waals surface area contributed by atoms with Gasteiger partial charge in [0.05, 0.1) is 16.6 Å². The lowest BCUT2D eigenvalue weighted by molar-refractivity contribution is 1.19. The van der Waals surface area contributed by atoms with Crippen LogP contribution in [0.5, 0.6) is 0 Å². The first-order chi connectivity index (χ1) is 9.84. The average Bonchev–Trinajstić information content (AvgIpc) is 2.86. The Kier molecular flexibility index (Phi) is 2.83. The number of rotatable bonds is 1. The second kappa shape index (κ2) is 4.69. The Morgan fingerprint density at radius 1 is 1.05 bits per heavy atom. The molecule has 0 saturated heterocycles. The number of aromatic nitrogens is 1. The monoisotopic (exact) mass is 298 g/mol. The smallest absolute Gasteiger partial charge is 0.0912 e. The number of thioether (sulfide) groups is 1. The van der Waals surface area contributed by atoms with Crippen LogP contribution in [-0.4, -0.2) is 16.6 Å². The Balaban J connectivity index is 2.01. The van der Waals surface area contributed by atoms with E-state index in [9.17, 15) is 0 Å². The van der Waals surface area contributed by atoms with Gasteiger partial charge in [0.1, 0.15) is 0 Å². The molecule has 0 amide bonds. The van der Waals surface area contributed by atoms with Crippen molar-refractivity contribution in [3.63, 3.8) is 0 Å². The molecule has 0 saturated carbocycles. The summed E-state index contributed by atoms with van der Waals surface area (Å²) in [5.74, 6) is 0.723. The van der Waals surface area contributed by atoms with Gasteiger partial charge in [0, 0.05) is 27.1 Å². The van der Waals surface area contributed by atoms with E-state index < -0.39 is 0 Å². The molecule has 1 N–H and O–H groups in total. The summed E-state index contributed by atoms with van der Waals surface area (Å²) < 4.78 is 0. The van der Waals surface area contributed by atoms with Gasteiger partial charge >= 0.3 is 0 Å². The largest absolute Gasteiger partial charge is 0.349 e. The van der Waals surface area contributed by atoms with Crippen molar-refractivity contribution in [3.05, 3.63) is 64.7 Å². The van der Waals surface area contributed by atoms with Crippen LogP contribution in [0.25, 0.3) is 10.9 Å². The van der Waals surface area contributed by atoms with Crippen molar-refractivity contribution in [3.8, 4) is 0 Å². The summed E-state index contributed by atoms with van der Waals surface area (Å²) in [5.41, 5.74) is 4.30. The number of hydrogen-bond donors (Lipinski definition) is 1. The lowest BCUT2D eigenvalue weighted by Crippen LogP contribution is -2.09. The Labute approximate surface area is 125 Å². The molecular formula is C16H11ClN2S. The van der Waals surface area contributed by atoms with Gasteiger partial charge in [-0.1, -0.05) is 59.8 Å². The van der Waals surface area contributed by atoms with Gasteiger partial charge in [-0.25, -0.2) is 0 Å². The van der Waals surface area contributed by atoms with Gasteiger partial charge in [0.2, 0.25) is 0 Å². The summed E-state index contributed by atoms with van der Waals surface area (Å²) in [4.78, 5) is 8.17. The number of benzene rings is 2. The van der Waals surface area contributed by atoms with Crippen LogP contribution in [0.2, 0.25) is 5.02 Å². The predicted octanol–water partition coefficient (Wildman–Crippen LogP) is 4.72. The van der Waals surface area contributed by atoms with E-state index in [-0.39, 0.29) is 0 Å². The minimum Gasteiger partial charge on any atom is -0.349 e.